The average molecular weight is 262 g/mol. The van der Waals surface area contributed by atoms with E-state index in [1.165, 1.54) is 32.1 Å². The first-order chi connectivity index (χ1) is 9.19. The largest absolute Gasteiger partial charge is 0.308 e. The van der Waals surface area contributed by atoms with E-state index in [9.17, 15) is 0 Å². The van der Waals surface area contributed by atoms with Gasteiger partial charge >= 0.3 is 0 Å². The molecule has 0 spiro atoms. The van der Waals surface area contributed by atoms with Crippen LogP contribution in [0.3, 0.4) is 0 Å². The van der Waals surface area contributed by atoms with Crippen molar-refractivity contribution >= 4 is 5.82 Å². The minimum Gasteiger partial charge on any atom is -0.308 e. The molecule has 3 N–H and O–H groups in total. The molecule has 19 heavy (non-hydrogen) atoms. The SMILES string of the molecule is CCc1c(C)nc(C2CCCC(CC)C2)nc1NN. The number of nitrogen functional groups attached to an aromatic ring is 1. The number of hydrazine groups is 1. The lowest BCUT2D eigenvalue weighted by Gasteiger charge is -2.28. The second kappa shape index (κ2) is 6.33. The van der Waals surface area contributed by atoms with E-state index in [4.69, 9.17) is 10.8 Å². The quantitative estimate of drug-likeness (QED) is 0.645. The van der Waals surface area contributed by atoms with Crippen molar-refractivity contribution in [1.82, 2.24) is 9.97 Å². The van der Waals surface area contributed by atoms with Gasteiger partial charge in [-0.15, -0.1) is 0 Å². The summed E-state index contributed by atoms with van der Waals surface area (Å²) in [4.78, 5) is 9.41. The average Bonchev–Trinajstić information content (AvgIpc) is 2.46. The molecule has 1 aromatic rings. The molecule has 1 fully saturated rings. The van der Waals surface area contributed by atoms with Crippen LogP contribution < -0.4 is 11.3 Å². The lowest BCUT2D eigenvalue weighted by Crippen LogP contribution is -2.19. The van der Waals surface area contributed by atoms with Crippen molar-refractivity contribution in [3.05, 3.63) is 17.1 Å². The van der Waals surface area contributed by atoms with Gasteiger partial charge in [0.05, 0.1) is 0 Å². The number of aromatic nitrogens is 2. The number of nitrogens with zero attached hydrogens (tertiary/aromatic N) is 2. The summed E-state index contributed by atoms with van der Waals surface area (Å²) in [7, 11) is 0. The summed E-state index contributed by atoms with van der Waals surface area (Å²) in [6.45, 7) is 6.46. The minimum absolute atomic E-state index is 0.510. The van der Waals surface area contributed by atoms with Gasteiger partial charge in [0.25, 0.3) is 0 Å². The highest BCUT2D eigenvalue weighted by atomic mass is 15.3. The van der Waals surface area contributed by atoms with Crippen LogP contribution in [0.25, 0.3) is 0 Å². The zero-order valence-corrected chi connectivity index (χ0v) is 12.4. The Balaban J connectivity index is 2.27. The van der Waals surface area contributed by atoms with Crippen LogP contribution in [-0.2, 0) is 6.42 Å². The van der Waals surface area contributed by atoms with Crippen LogP contribution in [0.2, 0.25) is 0 Å². The molecule has 1 heterocycles. The lowest BCUT2D eigenvalue weighted by atomic mass is 9.80. The second-order valence-corrected chi connectivity index (χ2v) is 5.63. The number of rotatable bonds is 4. The molecule has 2 rings (SSSR count). The molecule has 0 saturated heterocycles. The summed E-state index contributed by atoms with van der Waals surface area (Å²) in [5.74, 6) is 8.75. The van der Waals surface area contributed by atoms with Gasteiger partial charge in [0.15, 0.2) is 0 Å². The Kier molecular flexibility index (Phi) is 4.75. The van der Waals surface area contributed by atoms with E-state index in [1.54, 1.807) is 0 Å². The van der Waals surface area contributed by atoms with Gasteiger partial charge < -0.3 is 5.43 Å². The van der Waals surface area contributed by atoms with Crippen molar-refractivity contribution in [3.63, 3.8) is 0 Å². The molecule has 106 valence electrons. The third kappa shape index (κ3) is 3.06. The number of hydrogen-bond acceptors (Lipinski definition) is 4. The van der Waals surface area contributed by atoms with Crippen LogP contribution in [0.5, 0.6) is 0 Å². The van der Waals surface area contributed by atoms with Gasteiger partial charge in [-0.2, -0.15) is 0 Å². The van der Waals surface area contributed by atoms with E-state index in [0.29, 0.717) is 5.92 Å². The maximum Gasteiger partial charge on any atom is 0.147 e. The Hall–Kier alpha value is -1.16. The van der Waals surface area contributed by atoms with E-state index in [1.807, 2.05) is 0 Å². The molecule has 4 heteroatoms. The van der Waals surface area contributed by atoms with Gasteiger partial charge in [-0.3, -0.25) is 0 Å². The lowest BCUT2D eigenvalue weighted by molar-refractivity contribution is 0.307. The molecule has 2 unspecified atom stereocenters. The topological polar surface area (TPSA) is 63.8 Å². The second-order valence-electron chi connectivity index (χ2n) is 5.63. The number of aryl methyl sites for hydroxylation is 1. The van der Waals surface area contributed by atoms with Crippen LogP contribution >= 0.6 is 0 Å². The summed E-state index contributed by atoms with van der Waals surface area (Å²) in [6, 6.07) is 0. The molecule has 1 saturated carbocycles. The van der Waals surface area contributed by atoms with Crippen molar-refractivity contribution < 1.29 is 0 Å². The first-order valence-electron chi connectivity index (χ1n) is 7.53. The molecular formula is C15H26N4. The number of nitrogens with one attached hydrogen (secondary N) is 1. The molecule has 0 amide bonds. The van der Waals surface area contributed by atoms with Crippen molar-refractivity contribution in [3.8, 4) is 0 Å². The molecule has 0 aromatic carbocycles. The Morgan fingerprint density at radius 3 is 2.68 bits per heavy atom. The van der Waals surface area contributed by atoms with Crippen LogP contribution in [0.1, 0.15) is 69.0 Å². The fourth-order valence-electron chi connectivity index (χ4n) is 3.24. The van der Waals surface area contributed by atoms with Gasteiger partial charge in [-0.1, -0.05) is 33.1 Å². The Morgan fingerprint density at radius 2 is 2.05 bits per heavy atom. The minimum atomic E-state index is 0.510. The maximum atomic E-state index is 5.61. The zero-order valence-electron chi connectivity index (χ0n) is 12.4. The van der Waals surface area contributed by atoms with Gasteiger partial charge in [-0.05, 0) is 32.1 Å². The summed E-state index contributed by atoms with van der Waals surface area (Å²) in [5.41, 5.74) is 4.94. The van der Waals surface area contributed by atoms with E-state index in [-0.39, 0.29) is 0 Å². The predicted octanol–water partition coefficient (Wildman–Crippen LogP) is 3.32. The smallest absolute Gasteiger partial charge is 0.147 e. The summed E-state index contributed by atoms with van der Waals surface area (Å²) in [6.07, 6.45) is 7.28. The Morgan fingerprint density at radius 1 is 1.26 bits per heavy atom. The number of hydrogen-bond donors (Lipinski definition) is 2. The first kappa shape index (κ1) is 14.3. The molecule has 4 nitrogen and oxygen atoms in total. The van der Waals surface area contributed by atoms with Gasteiger partial charge in [0, 0.05) is 17.2 Å². The van der Waals surface area contributed by atoms with Crippen LogP contribution in [0, 0.1) is 12.8 Å². The molecule has 0 bridgehead atoms. The number of nitrogens with two attached hydrogens (primary N) is 1. The highest BCUT2D eigenvalue weighted by Crippen LogP contribution is 2.36. The summed E-state index contributed by atoms with van der Waals surface area (Å²) in [5, 5.41) is 0. The fourth-order valence-corrected chi connectivity index (χ4v) is 3.24. The molecule has 1 aromatic heterocycles. The summed E-state index contributed by atoms with van der Waals surface area (Å²) >= 11 is 0. The molecular weight excluding hydrogens is 236 g/mol. The van der Waals surface area contributed by atoms with Crippen LogP contribution in [-0.4, -0.2) is 9.97 Å². The molecule has 1 aliphatic rings. The summed E-state index contributed by atoms with van der Waals surface area (Å²) < 4.78 is 0. The first-order valence-corrected chi connectivity index (χ1v) is 7.53. The van der Waals surface area contributed by atoms with E-state index < -0.39 is 0 Å². The molecule has 1 aliphatic carbocycles. The third-order valence-corrected chi connectivity index (χ3v) is 4.45. The highest BCUT2D eigenvalue weighted by molar-refractivity contribution is 5.45. The van der Waals surface area contributed by atoms with Gasteiger partial charge in [0.1, 0.15) is 11.6 Å². The predicted molar refractivity (Wildman–Crippen MR) is 78.9 cm³/mol. The fraction of sp³-hybridized carbons (Fsp3) is 0.733. The van der Waals surface area contributed by atoms with Crippen molar-refractivity contribution in [2.45, 2.75) is 65.2 Å². The van der Waals surface area contributed by atoms with Crippen LogP contribution in [0.15, 0.2) is 0 Å². The zero-order chi connectivity index (χ0) is 13.8. The molecule has 0 radical (unpaired) electrons. The van der Waals surface area contributed by atoms with E-state index >= 15 is 0 Å². The molecule has 2 atom stereocenters. The van der Waals surface area contributed by atoms with E-state index in [2.05, 4.69) is 31.2 Å². The highest BCUT2D eigenvalue weighted by Gasteiger charge is 2.25. The van der Waals surface area contributed by atoms with Gasteiger partial charge in [-0.25, -0.2) is 15.8 Å². The monoisotopic (exact) mass is 262 g/mol. The van der Waals surface area contributed by atoms with E-state index in [0.717, 1.165) is 35.2 Å². The number of anilines is 1. The standard InChI is InChI=1S/C15H26N4/c1-4-11-7-6-8-12(9-11)14-17-10(3)13(5-2)15(18-14)19-16/h11-12H,4-9,16H2,1-3H3,(H,17,18,19). The Bertz CT molecular complexity index is 430. The third-order valence-electron chi connectivity index (χ3n) is 4.45. The van der Waals surface area contributed by atoms with Crippen LogP contribution in [0.4, 0.5) is 5.82 Å². The Labute approximate surface area is 116 Å². The van der Waals surface area contributed by atoms with Crippen molar-refractivity contribution in [2.75, 3.05) is 5.43 Å². The van der Waals surface area contributed by atoms with Crippen molar-refractivity contribution in [1.29, 1.82) is 0 Å². The molecule has 0 aliphatic heterocycles. The van der Waals surface area contributed by atoms with Crippen molar-refractivity contribution in [2.24, 2.45) is 11.8 Å². The van der Waals surface area contributed by atoms with Gasteiger partial charge in [0.2, 0.25) is 0 Å². The normalized spacial score (nSPS) is 23.4. The maximum absolute atomic E-state index is 5.61.